The predicted octanol–water partition coefficient (Wildman–Crippen LogP) is 1.55. The third-order valence-corrected chi connectivity index (χ3v) is 4.31. The zero-order valence-electron chi connectivity index (χ0n) is 14.3. The van der Waals surface area contributed by atoms with Gasteiger partial charge in [0, 0.05) is 30.4 Å². The van der Waals surface area contributed by atoms with Crippen LogP contribution in [0.25, 0.3) is 11.0 Å². The number of hydrogen-bond acceptors (Lipinski definition) is 7. The van der Waals surface area contributed by atoms with Crippen molar-refractivity contribution < 1.29 is 28.9 Å². The molecule has 1 fully saturated rings. The molecule has 0 spiro atoms. The van der Waals surface area contributed by atoms with Gasteiger partial charge < -0.3 is 24.1 Å². The van der Waals surface area contributed by atoms with Gasteiger partial charge in [-0.25, -0.2) is 9.59 Å². The third-order valence-electron chi connectivity index (χ3n) is 4.31. The molecule has 7 heteroatoms. The third kappa shape index (κ3) is 3.95. The molecule has 0 amide bonds. The van der Waals surface area contributed by atoms with Gasteiger partial charge in [-0.15, -0.1) is 0 Å². The van der Waals surface area contributed by atoms with Crippen LogP contribution in [0.15, 0.2) is 51.2 Å². The number of carbonyl (C=O) groups is 1. The highest BCUT2D eigenvalue weighted by molar-refractivity contribution is 5.81. The molecule has 1 aromatic heterocycles. The van der Waals surface area contributed by atoms with Crippen LogP contribution in [0.1, 0.15) is 19.8 Å². The second kappa shape index (κ2) is 7.31. The number of cyclic esters (lactones) is 1. The van der Waals surface area contributed by atoms with E-state index in [-0.39, 0.29) is 6.42 Å². The summed E-state index contributed by atoms with van der Waals surface area (Å²) < 4.78 is 15.8. The highest BCUT2D eigenvalue weighted by Crippen LogP contribution is 2.29. The van der Waals surface area contributed by atoms with Crippen LogP contribution in [-0.4, -0.2) is 41.1 Å². The predicted molar refractivity (Wildman–Crippen MR) is 92.9 cm³/mol. The Morgan fingerprint density at radius 2 is 2.12 bits per heavy atom. The van der Waals surface area contributed by atoms with Crippen molar-refractivity contribution >= 4 is 16.9 Å². The van der Waals surface area contributed by atoms with Crippen LogP contribution >= 0.6 is 0 Å². The smallest absolute Gasteiger partial charge is 0.341 e. The maximum absolute atomic E-state index is 11.5. The Morgan fingerprint density at radius 1 is 1.35 bits per heavy atom. The summed E-state index contributed by atoms with van der Waals surface area (Å²) in [5.74, 6) is -0.218. The van der Waals surface area contributed by atoms with Gasteiger partial charge in [-0.1, -0.05) is 5.57 Å². The molecule has 1 saturated heterocycles. The minimum absolute atomic E-state index is 0.0675. The average Bonchev–Trinajstić information content (AvgIpc) is 2.88. The van der Waals surface area contributed by atoms with E-state index in [9.17, 15) is 14.7 Å². The highest BCUT2D eigenvalue weighted by atomic mass is 16.6. The fourth-order valence-corrected chi connectivity index (χ4v) is 2.86. The molecule has 2 atom stereocenters. The lowest BCUT2D eigenvalue weighted by atomic mass is 9.97. The van der Waals surface area contributed by atoms with Gasteiger partial charge in [0.15, 0.2) is 5.60 Å². The van der Waals surface area contributed by atoms with Gasteiger partial charge in [0.1, 0.15) is 24.0 Å². The zero-order valence-corrected chi connectivity index (χ0v) is 14.3. The molecule has 1 aliphatic heterocycles. The van der Waals surface area contributed by atoms with Crippen LogP contribution in [0.3, 0.4) is 0 Å². The van der Waals surface area contributed by atoms with E-state index in [2.05, 4.69) is 0 Å². The fraction of sp³-hybridized carbons (Fsp3) is 0.368. The molecule has 7 nitrogen and oxygen atoms in total. The first kappa shape index (κ1) is 18.2. The Hall–Kier alpha value is -2.64. The molecule has 0 radical (unpaired) electrons. The van der Waals surface area contributed by atoms with Crippen molar-refractivity contribution in [1.82, 2.24) is 0 Å². The van der Waals surface area contributed by atoms with E-state index in [1.165, 1.54) is 6.07 Å². The second-order valence-corrected chi connectivity index (χ2v) is 6.44. The number of aliphatic hydroxyl groups is 2. The minimum atomic E-state index is -1.80. The molecule has 0 saturated carbocycles. The van der Waals surface area contributed by atoms with Crippen LogP contribution < -0.4 is 10.4 Å². The summed E-state index contributed by atoms with van der Waals surface area (Å²) in [6.07, 6.45) is 1.89. The lowest BCUT2D eigenvalue weighted by molar-refractivity contribution is -0.157. The molecular formula is C19H20O7. The van der Waals surface area contributed by atoms with Gasteiger partial charge in [-0.3, -0.25) is 0 Å². The molecule has 1 aromatic carbocycles. The van der Waals surface area contributed by atoms with Gasteiger partial charge in [0.05, 0.1) is 6.61 Å². The summed E-state index contributed by atoms with van der Waals surface area (Å²) in [6.45, 7) is 1.51. The quantitative estimate of drug-likeness (QED) is 0.457. The van der Waals surface area contributed by atoms with E-state index in [4.69, 9.17) is 19.0 Å². The van der Waals surface area contributed by atoms with Crippen LogP contribution in [0, 0.1) is 0 Å². The van der Waals surface area contributed by atoms with Crippen molar-refractivity contribution in [2.75, 3.05) is 13.2 Å². The first-order valence-electron chi connectivity index (χ1n) is 8.26. The molecule has 2 N–H and O–H groups in total. The molecule has 3 rings (SSSR count). The standard InChI is InChI=1S/C19H20O7/c1-12(8-15-10-19(23,11-20)18(22)25-15)6-7-24-14-4-2-13-3-5-17(21)26-16(13)9-14/h2-6,9,15,20,23H,7-8,10-11H2,1H3/b12-6+/t15-,19+/m1/s1. The Bertz CT molecular complexity index is 898. The average molecular weight is 360 g/mol. The topological polar surface area (TPSA) is 106 Å². The highest BCUT2D eigenvalue weighted by Gasteiger charge is 2.47. The molecule has 2 aromatic rings. The van der Waals surface area contributed by atoms with Crippen LogP contribution in [-0.2, 0) is 9.53 Å². The first-order chi connectivity index (χ1) is 12.4. The molecule has 0 unspecified atom stereocenters. The normalized spacial score (nSPS) is 23.3. The van der Waals surface area contributed by atoms with E-state index >= 15 is 0 Å². The van der Waals surface area contributed by atoms with E-state index in [1.54, 1.807) is 24.3 Å². The van der Waals surface area contributed by atoms with Gasteiger partial charge in [0.2, 0.25) is 0 Å². The van der Waals surface area contributed by atoms with Gasteiger partial charge in [-0.2, -0.15) is 0 Å². The summed E-state index contributed by atoms with van der Waals surface area (Å²) in [7, 11) is 0. The number of ether oxygens (including phenoxy) is 2. The Labute approximate surface area is 149 Å². The van der Waals surface area contributed by atoms with Crippen LogP contribution in [0.4, 0.5) is 0 Å². The van der Waals surface area contributed by atoms with Crippen molar-refractivity contribution in [2.45, 2.75) is 31.5 Å². The molecular weight excluding hydrogens is 340 g/mol. The first-order valence-corrected chi connectivity index (χ1v) is 8.26. The Morgan fingerprint density at radius 3 is 2.85 bits per heavy atom. The van der Waals surface area contributed by atoms with Gasteiger partial charge in [-0.05, 0) is 31.2 Å². The number of aliphatic hydroxyl groups excluding tert-OH is 1. The van der Waals surface area contributed by atoms with E-state index in [0.29, 0.717) is 24.4 Å². The monoisotopic (exact) mass is 360 g/mol. The van der Waals surface area contributed by atoms with E-state index < -0.39 is 29.9 Å². The van der Waals surface area contributed by atoms with Gasteiger partial charge >= 0.3 is 11.6 Å². The van der Waals surface area contributed by atoms with Crippen molar-refractivity contribution in [2.24, 2.45) is 0 Å². The summed E-state index contributed by atoms with van der Waals surface area (Å²) in [5, 5.41) is 19.8. The molecule has 2 heterocycles. The van der Waals surface area contributed by atoms with Crippen molar-refractivity contribution in [1.29, 1.82) is 0 Å². The summed E-state index contributed by atoms with van der Waals surface area (Å²) in [6, 6.07) is 8.29. The summed E-state index contributed by atoms with van der Waals surface area (Å²) in [4.78, 5) is 22.8. The number of carbonyl (C=O) groups excluding carboxylic acids is 1. The SMILES string of the molecule is C/C(=C\COc1ccc2ccc(=O)oc2c1)C[C@@H]1C[C@](O)(CO)C(=O)O1. The summed E-state index contributed by atoms with van der Waals surface area (Å²) in [5.41, 5.74) is -0.829. The largest absolute Gasteiger partial charge is 0.489 e. The lowest BCUT2D eigenvalue weighted by Crippen LogP contribution is -2.38. The Kier molecular flexibility index (Phi) is 5.11. The van der Waals surface area contributed by atoms with E-state index in [1.807, 2.05) is 13.0 Å². The van der Waals surface area contributed by atoms with E-state index in [0.717, 1.165) is 11.0 Å². The minimum Gasteiger partial charge on any atom is -0.489 e. The number of esters is 1. The van der Waals surface area contributed by atoms with Crippen molar-refractivity contribution in [3.63, 3.8) is 0 Å². The number of rotatable bonds is 6. The Balaban J connectivity index is 1.57. The number of hydrogen-bond donors (Lipinski definition) is 2. The maximum Gasteiger partial charge on any atom is 0.341 e. The summed E-state index contributed by atoms with van der Waals surface area (Å²) >= 11 is 0. The number of benzene rings is 1. The lowest BCUT2D eigenvalue weighted by Gasteiger charge is -2.13. The second-order valence-electron chi connectivity index (χ2n) is 6.44. The molecule has 0 aliphatic carbocycles. The molecule has 26 heavy (non-hydrogen) atoms. The van der Waals surface area contributed by atoms with Gasteiger partial charge in [0.25, 0.3) is 0 Å². The van der Waals surface area contributed by atoms with Crippen molar-refractivity contribution in [3.05, 3.63) is 52.4 Å². The van der Waals surface area contributed by atoms with Crippen LogP contribution in [0.5, 0.6) is 5.75 Å². The van der Waals surface area contributed by atoms with Crippen LogP contribution in [0.2, 0.25) is 0 Å². The zero-order chi connectivity index (χ0) is 18.7. The number of fused-ring (bicyclic) bond motifs is 1. The van der Waals surface area contributed by atoms with Crippen molar-refractivity contribution in [3.8, 4) is 5.75 Å². The fourth-order valence-electron chi connectivity index (χ4n) is 2.86. The molecule has 0 bridgehead atoms. The maximum atomic E-state index is 11.5. The molecule has 1 aliphatic rings. The molecule has 138 valence electrons.